The monoisotopic (exact) mass is 1540 g/mol. The van der Waals surface area contributed by atoms with Crippen molar-refractivity contribution in [3.05, 3.63) is 108 Å². The highest BCUT2D eigenvalue weighted by atomic mass is 16.6. The normalized spacial score (nSPS) is 16.0. The van der Waals surface area contributed by atoms with E-state index in [1.54, 1.807) is 91.0 Å². The molecule has 614 valence electrons. The van der Waals surface area contributed by atoms with Crippen LogP contribution in [0, 0.1) is 0 Å². The molecule has 18 N–H and O–H groups in total. The summed E-state index contributed by atoms with van der Waals surface area (Å²) in [5, 5.41) is 41.7. The number of aliphatic hydroxyl groups is 3. The van der Waals surface area contributed by atoms with Gasteiger partial charge in [-0.2, -0.15) is 0 Å². The highest BCUT2D eigenvalue weighted by molar-refractivity contribution is 6.06. The van der Waals surface area contributed by atoms with Crippen LogP contribution < -0.4 is 50.4 Å². The van der Waals surface area contributed by atoms with Gasteiger partial charge in [0.2, 0.25) is 17.7 Å². The maximum absolute atomic E-state index is 16.3. The van der Waals surface area contributed by atoms with Crippen molar-refractivity contribution in [2.45, 2.75) is 288 Å². The minimum atomic E-state index is -2.15. The number of benzene rings is 3. The van der Waals surface area contributed by atoms with Crippen LogP contribution >= 0.6 is 0 Å². The first-order valence-corrected chi connectivity index (χ1v) is 39.9. The smallest absolute Gasteiger partial charge is 0.417 e. The lowest BCUT2D eigenvalue weighted by atomic mass is 9.94. The summed E-state index contributed by atoms with van der Waals surface area (Å²) >= 11 is 0. The van der Waals surface area contributed by atoms with Crippen LogP contribution in [0.4, 0.5) is 14.4 Å². The van der Waals surface area contributed by atoms with Crippen LogP contribution in [-0.2, 0) is 62.7 Å². The largest absolute Gasteiger partial charge is 0.445 e. The fraction of sp³-hybridized carbons (Fsp3) is 0.637. The van der Waals surface area contributed by atoms with E-state index in [1.807, 2.05) is 0 Å². The fourth-order valence-corrected chi connectivity index (χ4v) is 13.0. The SMILES string of the molecule is CCCCCCCCCCCCCCCCCCN(C(=O)CCCCCCCCCCC)[C@@H]1O[C@H](CO)[C@@H](O)[C@H](O)[C@H]1NC(=O)CNC(=O)[C@H](CCCN=C(N)N)N(C(=O)OCc1ccccc1)C(=O)[C@H](CCCN=C(N)N)N(C(=O)OCc1ccccc1)C(=O)[C@H](CCCN=C(N)N)NC(=O)OCc1ccccc1. The van der Waals surface area contributed by atoms with Gasteiger partial charge in [-0.3, -0.25) is 38.9 Å². The van der Waals surface area contributed by atoms with Gasteiger partial charge in [-0.15, -0.1) is 0 Å². The molecule has 8 amide bonds. The van der Waals surface area contributed by atoms with Gasteiger partial charge in [0.25, 0.3) is 11.8 Å². The maximum Gasteiger partial charge on any atom is 0.417 e. The van der Waals surface area contributed by atoms with Gasteiger partial charge in [-0.05, 0) is 68.1 Å². The quantitative estimate of drug-likeness (QED) is 0.0109. The van der Waals surface area contributed by atoms with Crippen LogP contribution in [0.1, 0.15) is 236 Å². The second kappa shape index (κ2) is 56.1. The third kappa shape index (κ3) is 37.5. The molecule has 1 saturated heterocycles. The van der Waals surface area contributed by atoms with Gasteiger partial charge in [0, 0.05) is 32.6 Å². The van der Waals surface area contributed by atoms with Gasteiger partial charge < -0.3 is 89.5 Å². The van der Waals surface area contributed by atoms with Crippen molar-refractivity contribution < 1.29 is 72.6 Å². The number of unbranched alkanes of at least 4 members (excludes halogenated alkanes) is 23. The number of ether oxygens (including phenoxy) is 4. The van der Waals surface area contributed by atoms with E-state index >= 15 is 24.0 Å². The minimum absolute atomic E-state index is 0.0145. The van der Waals surface area contributed by atoms with Gasteiger partial charge in [0.05, 0.1) is 13.2 Å². The second-order valence-corrected chi connectivity index (χ2v) is 28.1. The number of alkyl carbamates (subject to hydrolysis) is 1. The molecule has 8 atom stereocenters. The number of carbonyl (C=O) groups excluding carboxylic acids is 8. The number of hydrogen-bond donors (Lipinski definition) is 12. The number of imide groups is 2. The van der Waals surface area contributed by atoms with E-state index in [1.165, 1.54) is 81.9 Å². The Morgan fingerprint density at radius 2 is 0.873 bits per heavy atom. The van der Waals surface area contributed by atoms with E-state index in [9.17, 15) is 29.7 Å². The van der Waals surface area contributed by atoms with E-state index in [4.69, 9.17) is 53.3 Å². The Labute approximate surface area is 650 Å². The molecule has 1 aliphatic heterocycles. The van der Waals surface area contributed by atoms with Crippen LogP contribution in [0.3, 0.4) is 0 Å². The number of carbonyl (C=O) groups is 8. The van der Waals surface area contributed by atoms with Crippen molar-refractivity contribution in [3.63, 3.8) is 0 Å². The molecule has 30 heteroatoms. The Morgan fingerprint density at radius 1 is 0.482 bits per heavy atom. The summed E-state index contributed by atoms with van der Waals surface area (Å²) in [7, 11) is 0. The molecule has 0 bridgehead atoms. The number of nitrogens with one attached hydrogen (secondary N) is 3. The van der Waals surface area contributed by atoms with E-state index < -0.39 is 130 Å². The summed E-state index contributed by atoms with van der Waals surface area (Å²) in [6.45, 7) is 1.14. The van der Waals surface area contributed by atoms with E-state index in [0.717, 1.165) is 70.6 Å². The first-order chi connectivity index (χ1) is 53.2. The summed E-state index contributed by atoms with van der Waals surface area (Å²) in [6.07, 6.45) is 15.1. The van der Waals surface area contributed by atoms with Gasteiger partial charge in [-0.1, -0.05) is 253 Å². The Balaban J connectivity index is 1.78. The standard InChI is InChI=1S/C80H129N15O15/c1-3-5-7-9-11-13-14-15-16-17-18-19-21-23-25-36-53-93(67(98)49-35-24-22-20-12-10-8-6-4-2)74-68(70(100)69(99)65(55-96)110-74)92-66(97)54-90-71(101)63(47-38-51-88-76(83)84)94(79(105)108-57-60-42-31-27-32-43-60)73(103)64(48-39-52-89-77(85)86)95(80(106)109-58-61-44-33-28-34-45-61)72(102)62(46-37-50-87-75(81)82)91-78(104)107-56-59-40-29-26-30-41-59/h26-34,40-45,62-65,68-70,74,96,99-100H,3-25,35-39,46-58H2,1-2H3,(H,90,101)(H,91,104)(H,92,97)(H4,81,82,87)(H4,83,84,88)(H4,85,86,89)/t62-,63-,64-,65+,68+,69+,70+,74+/m0/s1. The first-order valence-electron chi connectivity index (χ1n) is 39.9. The average Bonchev–Trinajstić information content (AvgIpc) is 0.778. The first kappa shape index (κ1) is 93.3. The van der Waals surface area contributed by atoms with Crippen molar-refractivity contribution in [2.24, 2.45) is 49.4 Å². The third-order valence-corrected chi connectivity index (χ3v) is 19.1. The minimum Gasteiger partial charge on any atom is -0.445 e. The number of amides is 8. The maximum atomic E-state index is 16.3. The molecule has 110 heavy (non-hydrogen) atoms. The lowest BCUT2D eigenvalue weighted by Crippen LogP contribution is -2.69. The lowest BCUT2D eigenvalue weighted by molar-refractivity contribution is -0.231. The summed E-state index contributed by atoms with van der Waals surface area (Å²) in [5.41, 5.74) is 35.7. The third-order valence-electron chi connectivity index (χ3n) is 19.1. The molecular formula is C80H129N15O15. The number of aliphatic imine (C=N–C) groups is 3. The zero-order valence-corrected chi connectivity index (χ0v) is 65.2. The van der Waals surface area contributed by atoms with Crippen LogP contribution in [0.25, 0.3) is 0 Å². The molecular weight excluding hydrogens is 1410 g/mol. The molecule has 3 aromatic rings. The average molecular weight is 1540 g/mol. The molecule has 0 radical (unpaired) electrons. The molecule has 1 fully saturated rings. The predicted molar refractivity (Wildman–Crippen MR) is 424 cm³/mol. The number of aliphatic hydroxyl groups excluding tert-OH is 3. The van der Waals surface area contributed by atoms with Crippen molar-refractivity contribution >= 4 is 65.7 Å². The molecule has 0 spiro atoms. The van der Waals surface area contributed by atoms with Gasteiger partial charge >= 0.3 is 18.3 Å². The van der Waals surface area contributed by atoms with E-state index in [2.05, 4.69) is 44.8 Å². The van der Waals surface area contributed by atoms with Crippen molar-refractivity contribution in [1.82, 2.24) is 30.7 Å². The summed E-state index contributed by atoms with van der Waals surface area (Å²) < 4.78 is 23.5. The number of nitrogens with two attached hydrogens (primary N) is 6. The summed E-state index contributed by atoms with van der Waals surface area (Å²) in [6, 6.07) is 17.7. The van der Waals surface area contributed by atoms with Crippen LogP contribution in [0.15, 0.2) is 106 Å². The van der Waals surface area contributed by atoms with Crippen molar-refractivity contribution in [1.29, 1.82) is 0 Å². The second-order valence-electron chi connectivity index (χ2n) is 28.1. The highest BCUT2D eigenvalue weighted by Crippen LogP contribution is 2.28. The Morgan fingerprint density at radius 3 is 1.30 bits per heavy atom. The lowest BCUT2D eigenvalue weighted by Gasteiger charge is -2.47. The molecule has 0 unspecified atom stereocenters. The van der Waals surface area contributed by atoms with Crippen LogP contribution in [0.2, 0.25) is 0 Å². The Kier molecular flexibility index (Phi) is 47.6. The molecule has 1 heterocycles. The molecule has 3 aromatic carbocycles. The van der Waals surface area contributed by atoms with Crippen molar-refractivity contribution in [3.8, 4) is 0 Å². The zero-order chi connectivity index (χ0) is 80.1. The molecule has 1 aliphatic rings. The van der Waals surface area contributed by atoms with Gasteiger partial charge in [-0.25, -0.2) is 24.2 Å². The molecule has 0 aliphatic carbocycles. The highest BCUT2D eigenvalue weighted by Gasteiger charge is 2.49. The fourth-order valence-electron chi connectivity index (χ4n) is 13.0. The summed E-state index contributed by atoms with van der Waals surface area (Å²) in [4.78, 5) is 135. The predicted octanol–water partition coefficient (Wildman–Crippen LogP) is 8.56. The molecule has 30 nitrogen and oxygen atoms in total. The molecule has 4 rings (SSSR count). The van der Waals surface area contributed by atoms with Gasteiger partial charge in [0.15, 0.2) is 24.1 Å². The molecule has 0 aromatic heterocycles. The zero-order valence-electron chi connectivity index (χ0n) is 65.2. The summed E-state index contributed by atoms with van der Waals surface area (Å²) in [5.74, 6) is -6.17. The number of hydrogen-bond acceptors (Lipinski definition) is 18. The van der Waals surface area contributed by atoms with E-state index in [-0.39, 0.29) is 88.7 Å². The molecule has 0 saturated carbocycles. The Hall–Kier alpha value is -9.13. The number of guanidine groups is 3. The van der Waals surface area contributed by atoms with E-state index in [0.29, 0.717) is 39.3 Å². The van der Waals surface area contributed by atoms with Crippen LogP contribution in [-0.4, -0.2) is 184 Å². The number of rotatable bonds is 56. The Bertz CT molecular complexity index is 3200. The van der Waals surface area contributed by atoms with Crippen LogP contribution in [0.5, 0.6) is 0 Å². The topological polar surface area (TPSA) is 473 Å². The van der Waals surface area contributed by atoms with Crippen molar-refractivity contribution in [2.75, 3.05) is 39.3 Å². The number of nitrogens with zero attached hydrogens (tertiary/aromatic N) is 6. The van der Waals surface area contributed by atoms with Gasteiger partial charge in [0.1, 0.15) is 62.3 Å².